The summed E-state index contributed by atoms with van der Waals surface area (Å²) < 4.78 is 34.5. The Hall–Kier alpha value is -0.770. The van der Waals surface area contributed by atoms with Crippen molar-refractivity contribution in [1.29, 1.82) is 0 Å². The average Bonchev–Trinajstić information content (AvgIpc) is 3.10. The zero-order valence-electron chi connectivity index (χ0n) is 16.5. The minimum atomic E-state index is -1.89. The molecule has 0 aromatic carbocycles. The number of methoxy groups -OCH3 is 1. The Bertz CT molecular complexity index is 559. The van der Waals surface area contributed by atoms with E-state index < -0.39 is 53.7 Å². The quantitative estimate of drug-likeness (QED) is 0.734. The van der Waals surface area contributed by atoms with E-state index in [1.165, 1.54) is 7.11 Å². The Morgan fingerprint density at radius 1 is 1.04 bits per heavy atom. The summed E-state index contributed by atoms with van der Waals surface area (Å²) in [6.07, 6.45) is -2.53. The van der Waals surface area contributed by atoms with Crippen LogP contribution in [0.5, 0.6) is 0 Å². The lowest BCUT2D eigenvalue weighted by Gasteiger charge is -2.37. The first-order chi connectivity index (χ1) is 11.9. The first-order valence-corrected chi connectivity index (χ1v) is 9.05. The first kappa shape index (κ1) is 20.0. The molecule has 3 aliphatic rings. The van der Waals surface area contributed by atoms with E-state index in [-0.39, 0.29) is 5.92 Å². The SMILES string of the molecule is COC(=O)[C@@H](C(C)C)[C@]1(O)O[C@H]([C@H]2COC(C)(C)O2)[C@@H]2OC(C)(C)O[C@@H]21. The molecule has 3 saturated heterocycles. The van der Waals surface area contributed by atoms with Crippen molar-refractivity contribution in [3.63, 3.8) is 0 Å². The number of aliphatic hydroxyl groups is 1. The van der Waals surface area contributed by atoms with Gasteiger partial charge in [0.05, 0.1) is 13.7 Å². The van der Waals surface area contributed by atoms with E-state index in [2.05, 4.69) is 0 Å². The van der Waals surface area contributed by atoms with Crippen LogP contribution in [0.1, 0.15) is 41.5 Å². The second kappa shape index (κ2) is 6.39. The number of carbonyl (C=O) groups is 1. The monoisotopic (exact) mass is 374 g/mol. The molecule has 8 heteroatoms. The van der Waals surface area contributed by atoms with Gasteiger partial charge < -0.3 is 33.5 Å². The van der Waals surface area contributed by atoms with Gasteiger partial charge in [-0.25, -0.2) is 0 Å². The fourth-order valence-electron chi connectivity index (χ4n) is 4.16. The molecule has 0 amide bonds. The molecule has 0 aromatic rings. The number of hydrogen-bond donors (Lipinski definition) is 1. The summed E-state index contributed by atoms with van der Waals surface area (Å²) in [5.41, 5.74) is 0. The van der Waals surface area contributed by atoms with Gasteiger partial charge in [-0.05, 0) is 33.6 Å². The Morgan fingerprint density at radius 3 is 2.19 bits per heavy atom. The number of esters is 1. The average molecular weight is 374 g/mol. The Kier molecular flexibility index (Phi) is 4.91. The summed E-state index contributed by atoms with van der Waals surface area (Å²) in [7, 11) is 1.29. The molecule has 0 aromatic heterocycles. The van der Waals surface area contributed by atoms with Gasteiger partial charge in [-0.1, -0.05) is 13.8 Å². The fourth-order valence-corrected chi connectivity index (χ4v) is 4.16. The van der Waals surface area contributed by atoms with Crippen molar-refractivity contribution in [3.8, 4) is 0 Å². The first-order valence-electron chi connectivity index (χ1n) is 9.05. The van der Waals surface area contributed by atoms with Gasteiger partial charge in [0, 0.05) is 0 Å². The summed E-state index contributed by atoms with van der Waals surface area (Å²) in [5, 5.41) is 11.5. The van der Waals surface area contributed by atoms with Gasteiger partial charge in [-0.3, -0.25) is 4.79 Å². The van der Waals surface area contributed by atoms with Crippen LogP contribution in [0.4, 0.5) is 0 Å². The lowest BCUT2D eigenvalue weighted by atomic mass is 9.83. The van der Waals surface area contributed by atoms with Crippen molar-refractivity contribution in [1.82, 2.24) is 0 Å². The molecule has 3 aliphatic heterocycles. The van der Waals surface area contributed by atoms with Gasteiger partial charge in [-0.15, -0.1) is 0 Å². The third kappa shape index (κ3) is 3.27. The molecule has 1 N–H and O–H groups in total. The van der Waals surface area contributed by atoms with Crippen molar-refractivity contribution in [3.05, 3.63) is 0 Å². The van der Waals surface area contributed by atoms with Gasteiger partial charge >= 0.3 is 5.97 Å². The van der Waals surface area contributed by atoms with Crippen molar-refractivity contribution in [2.75, 3.05) is 13.7 Å². The minimum absolute atomic E-state index is 0.239. The maximum Gasteiger partial charge on any atom is 0.314 e. The molecule has 3 heterocycles. The van der Waals surface area contributed by atoms with Crippen LogP contribution >= 0.6 is 0 Å². The van der Waals surface area contributed by atoms with Crippen LogP contribution in [0.2, 0.25) is 0 Å². The highest BCUT2D eigenvalue weighted by Gasteiger charge is 2.69. The number of hydrogen-bond acceptors (Lipinski definition) is 8. The zero-order valence-corrected chi connectivity index (χ0v) is 16.5. The molecular weight excluding hydrogens is 344 g/mol. The van der Waals surface area contributed by atoms with Crippen LogP contribution < -0.4 is 0 Å². The maximum atomic E-state index is 12.4. The van der Waals surface area contributed by atoms with Gasteiger partial charge in [0.1, 0.15) is 30.3 Å². The summed E-state index contributed by atoms with van der Waals surface area (Å²) in [6.45, 7) is 11.1. The van der Waals surface area contributed by atoms with E-state index in [0.717, 1.165) is 0 Å². The van der Waals surface area contributed by atoms with Crippen molar-refractivity contribution < 1.29 is 38.3 Å². The second-order valence-electron chi connectivity index (χ2n) is 8.47. The third-order valence-corrected chi connectivity index (χ3v) is 5.15. The van der Waals surface area contributed by atoms with Crippen LogP contribution in [0, 0.1) is 11.8 Å². The highest BCUT2D eigenvalue weighted by Crippen LogP contribution is 2.49. The fraction of sp³-hybridized carbons (Fsp3) is 0.944. The molecule has 150 valence electrons. The number of carbonyl (C=O) groups excluding carboxylic acids is 1. The molecule has 0 bridgehead atoms. The molecule has 3 rings (SSSR count). The molecule has 6 atom stereocenters. The zero-order chi connectivity index (χ0) is 19.5. The molecule has 0 aliphatic carbocycles. The van der Waals surface area contributed by atoms with Gasteiger partial charge in [-0.2, -0.15) is 0 Å². The normalized spacial score (nSPS) is 42.0. The van der Waals surface area contributed by atoms with E-state index in [1.807, 2.05) is 27.7 Å². The maximum absolute atomic E-state index is 12.4. The van der Waals surface area contributed by atoms with Crippen molar-refractivity contribution >= 4 is 5.97 Å². The molecule has 8 nitrogen and oxygen atoms in total. The predicted molar refractivity (Wildman–Crippen MR) is 88.9 cm³/mol. The summed E-state index contributed by atoms with van der Waals surface area (Å²) in [6, 6.07) is 0. The molecular formula is C18H30O8. The second-order valence-corrected chi connectivity index (χ2v) is 8.47. The van der Waals surface area contributed by atoms with Crippen molar-refractivity contribution in [2.24, 2.45) is 11.8 Å². The standard InChI is InChI=1S/C18H30O8/c1-9(2)11(15(19)21-7)18(20)14-13(24-17(5,6)26-14)12(25-18)10-8-22-16(3,4)23-10/h9-14,20H,8H2,1-7H3/t10-,11-,12-,13+,14+,18+/m1/s1. The molecule has 3 fully saturated rings. The van der Waals surface area contributed by atoms with E-state index in [1.54, 1.807) is 13.8 Å². The molecule has 0 radical (unpaired) electrons. The highest BCUT2D eigenvalue weighted by atomic mass is 16.8. The lowest BCUT2D eigenvalue weighted by molar-refractivity contribution is -0.306. The van der Waals surface area contributed by atoms with E-state index in [0.29, 0.717) is 6.61 Å². The summed E-state index contributed by atoms with van der Waals surface area (Å²) in [5.74, 6) is -5.29. The topological polar surface area (TPSA) is 92.7 Å². The van der Waals surface area contributed by atoms with E-state index in [9.17, 15) is 9.90 Å². The third-order valence-electron chi connectivity index (χ3n) is 5.15. The predicted octanol–water partition coefficient (Wildman–Crippen LogP) is 1.19. The summed E-state index contributed by atoms with van der Waals surface area (Å²) >= 11 is 0. The Labute approximate surface area is 154 Å². The lowest BCUT2D eigenvalue weighted by Crippen LogP contribution is -2.54. The number of ether oxygens (including phenoxy) is 6. The number of rotatable bonds is 4. The van der Waals surface area contributed by atoms with E-state index >= 15 is 0 Å². The summed E-state index contributed by atoms with van der Waals surface area (Å²) in [4.78, 5) is 12.4. The van der Waals surface area contributed by atoms with Crippen LogP contribution in [0.15, 0.2) is 0 Å². The molecule has 0 saturated carbocycles. The van der Waals surface area contributed by atoms with Gasteiger partial charge in [0.25, 0.3) is 0 Å². The highest BCUT2D eigenvalue weighted by molar-refractivity contribution is 5.74. The van der Waals surface area contributed by atoms with Crippen LogP contribution in [-0.4, -0.2) is 66.6 Å². The van der Waals surface area contributed by atoms with E-state index in [4.69, 9.17) is 28.4 Å². The van der Waals surface area contributed by atoms with Gasteiger partial charge in [0.15, 0.2) is 11.6 Å². The van der Waals surface area contributed by atoms with Crippen LogP contribution in [0.25, 0.3) is 0 Å². The molecule has 26 heavy (non-hydrogen) atoms. The van der Waals surface area contributed by atoms with Crippen molar-refractivity contribution in [2.45, 2.75) is 83.3 Å². The number of fused-ring (bicyclic) bond motifs is 1. The smallest absolute Gasteiger partial charge is 0.314 e. The Morgan fingerprint density at radius 2 is 1.69 bits per heavy atom. The Balaban J connectivity index is 1.95. The van der Waals surface area contributed by atoms with Crippen LogP contribution in [0.3, 0.4) is 0 Å². The minimum Gasteiger partial charge on any atom is -0.469 e. The van der Waals surface area contributed by atoms with Crippen LogP contribution in [-0.2, 0) is 33.2 Å². The molecule has 0 spiro atoms. The molecule has 0 unspecified atom stereocenters. The largest absolute Gasteiger partial charge is 0.469 e. The van der Waals surface area contributed by atoms with Gasteiger partial charge in [0.2, 0.25) is 5.79 Å².